The second-order valence-corrected chi connectivity index (χ2v) is 7.41. The summed E-state index contributed by atoms with van der Waals surface area (Å²) in [6.45, 7) is 3.44. The van der Waals surface area contributed by atoms with Crippen molar-refractivity contribution in [2.75, 3.05) is 33.9 Å². The molecule has 0 saturated carbocycles. The van der Waals surface area contributed by atoms with Gasteiger partial charge in [-0.1, -0.05) is 18.2 Å². The molecule has 0 radical (unpaired) electrons. The van der Waals surface area contributed by atoms with Crippen molar-refractivity contribution < 1.29 is 9.47 Å². The number of aromatic nitrogens is 2. The first-order valence-electron chi connectivity index (χ1n) is 9.75. The molecule has 0 amide bonds. The molecule has 2 heterocycles. The van der Waals surface area contributed by atoms with Crippen LogP contribution < -0.4 is 9.47 Å². The smallest absolute Gasteiger partial charge is 0.160 e. The van der Waals surface area contributed by atoms with E-state index in [0.717, 1.165) is 42.5 Å². The van der Waals surface area contributed by atoms with E-state index in [4.69, 9.17) is 9.47 Å². The highest BCUT2D eigenvalue weighted by molar-refractivity contribution is 5.43. The summed E-state index contributed by atoms with van der Waals surface area (Å²) in [5.74, 6) is 2.35. The van der Waals surface area contributed by atoms with E-state index in [1.165, 1.54) is 24.2 Å². The number of ether oxygens (including phenoxy) is 2. The summed E-state index contributed by atoms with van der Waals surface area (Å²) in [4.78, 5) is 6.63. The standard InChI is InChI=1S/C23H27N3O2/c1-27-22-8-5-19(14-23(22)28-2)9-11-25-15-20(16-25)13-18-3-6-21(7-4-18)26-12-10-24-17-26/h3-8,10,12,14,17,20H,9,11,13,15-16H2,1-2H3. The van der Waals surface area contributed by atoms with Crippen LogP contribution >= 0.6 is 0 Å². The average Bonchev–Trinajstić information content (AvgIpc) is 3.24. The lowest BCUT2D eigenvalue weighted by molar-refractivity contribution is 0.102. The Balaban J connectivity index is 1.23. The van der Waals surface area contributed by atoms with Gasteiger partial charge in [-0.15, -0.1) is 0 Å². The van der Waals surface area contributed by atoms with Crippen molar-refractivity contribution in [1.29, 1.82) is 0 Å². The van der Waals surface area contributed by atoms with Gasteiger partial charge in [0.25, 0.3) is 0 Å². The highest BCUT2D eigenvalue weighted by atomic mass is 16.5. The van der Waals surface area contributed by atoms with E-state index in [9.17, 15) is 0 Å². The van der Waals surface area contributed by atoms with Crippen LogP contribution in [0.25, 0.3) is 5.69 Å². The summed E-state index contributed by atoms with van der Waals surface area (Å²) in [5, 5.41) is 0. The molecule has 1 aromatic heterocycles. The van der Waals surface area contributed by atoms with Crippen molar-refractivity contribution in [3.63, 3.8) is 0 Å². The summed E-state index contributed by atoms with van der Waals surface area (Å²) >= 11 is 0. The van der Waals surface area contributed by atoms with E-state index in [-0.39, 0.29) is 0 Å². The quantitative estimate of drug-likeness (QED) is 0.601. The Kier molecular flexibility index (Phi) is 5.63. The molecule has 0 aliphatic carbocycles. The zero-order valence-electron chi connectivity index (χ0n) is 16.5. The zero-order valence-corrected chi connectivity index (χ0v) is 16.5. The molecule has 146 valence electrons. The largest absolute Gasteiger partial charge is 0.493 e. The third-order valence-electron chi connectivity index (χ3n) is 5.46. The predicted molar refractivity (Wildman–Crippen MR) is 110 cm³/mol. The zero-order chi connectivity index (χ0) is 19.3. The molecular weight excluding hydrogens is 350 g/mol. The predicted octanol–water partition coefficient (Wildman–Crippen LogP) is 3.61. The molecule has 0 atom stereocenters. The molecule has 5 heteroatoms. The second kappa shape index (κ2) is 8.48. The van der Waals surface area contributed by atoms with E-state index in [1.54, 1.807) is 20.4 Å². The van der Waals surface area contributed by atoms with Gasteiger partial charge in [-0.3, -0.25) is 0 Å². The number of hydrogen-bond acceptors (Lipinski definition) is 4. The van der Waals surface area contributed by atoms with E-state index in [2.05, 4.69) is 46.3 Å². The Hall–Kier alpha value is -2.79. The molecular formula is C23H27N3O2. The van der Waals surface area contributed by atoms with Gasteiger partial charge in [-0.05, 0) is 54.2 Å². The van der Waals surface area contributed by atoms with Crippen molar-refractivity contribution in [2.45, 2.75) is 12.8 Å². The number of rotatable bonds is 8. The first kappa shape index (κ1) is 18.6. The molecule has 1 fully saturated rings. The second-order valence-electron chi connectivity index (χ2n) is 7.41. The van der Waals surface area contributed by atoms with Crippen LogP contribution in [0.2, 0.25) is 0 Å². The number of methoxy groups -OCH3 is 2. The van der Waals surface area contributed by atoms with Crippen LogP contribution in [0.4, 0.5) is 0 Å². The minimum Gasteiger partial charge on any atom is -0.493 e. The Morgan fingerprint density at radius 3 is 2.39 bits per heavy atom. The first-order valence-corrected chi connectivity index (χ1v) is 9.75. The van der Waals surface area contributed by atoms with Gasteiger partial charge in [0.2, 0.25) is 0 Å². The summed E-state index contributed by atoms with van der Waals surface area (Å²) in [5.41, 5.74) is 3.86. The Labute approximate surface area is 166 Å². The fraction of sp³-hybridized carbons (Fsp3) is 0.348. The molecule has 5 nitrogen and oxygen atoms in total. The van der Waals surface area contributed by atoms with Gasteiger partial charge in [0.15, 0.2) is 11.5 Å². The molecule has 4 rings (SSSR count). The first-order chi connectivity index (χ1) is 13.7. The minimum absolute atomic E-state index is 0.754. The highest BCUT2D eigenvalue weighted by Gasteiger charge is 2.26. The fourth-order valence-electron chi connectivity index (χ4n) is 3.86. The molecule has 2 aromatic carbocycles. The molecule has 28 heavy (non-hydrogen) atoms. The van der Waals surface area contributed by atoms with Crippen LogP contribution in [0, 0.1) is 5.92 Å². The third-order valence-corrected chi connectivity index (χ3v) is 5.46. The summed E-state index contributed by atoms with van der Waals surface area (Å²) < 4.78 is 12.7. The number of hydrogen-bond donors (Lipinski definition) is 0. The van der Waals surface area contributed by atoms with Gasteiger partial charge in [0.05, 0.1) is 20.5 Å². The van der Waals surface area contributed by atoms with Crippen LogP contribution in [0.15, 0.2) is 61.2 Å². The molecule has 1 aliphatic heterocycles. The Morgan fingerprint density at radius 2 is 1.71 bits per heavy atom. The summed E-state index contributed by atoms with van der Waals surface area (Å²) in [6, 6.07) is 15.0. The lowest BCUT2D eigenvalue weighted by atomic mass is 9.91. The molecule has 0 unspecified atom stereocenters. The van der Waals surface area contributed by atoms with E-state index in [0.29, 0.717) is 0 Å². The summed E-state index contributed by atoms with van der Waals surface area (Å²) in [7, 11) is 3.35. The molecule has 0 spiro atoms. The average molecular weight is 377 g/mol. The molecule has 1 saturated heterocycles. The fourth-order valence-corrected chi connectivity index (χ4v) is 3.86. The van der Waals surface area contributed by atoms with E-state index in [1.807, 2.05) is 23.2 Å². The van der Waals surface area contributed by atoms with Crippen molar-refractivity contribution in [3.05, 3.63) is 72.3 Å². The highest BCUT2D eigenvalue weighted by Crippen LogP contribution is 2.28. The van der Waals surface area contributed by atoms with Gasteiger partial charge < -0.3 is 18.9 Å². The van der Waals surface area contributed by atoms with Crippen molar-refractivity contribution in [2.24, 2.45) is 5.92 Å². The van der Waals surface area contributed by atoms with Gasteiger partial charge >= 0.3 is 0 Å². The lowest BCUT2D eigenvalue weighted by Gasteiger charge is -2.39. The third kappa shape index (κ3) is 4.20. The van der Waals surface area contributed by atoms with Gasteiger partial charge in [0.1, 0.15) is 0 Å². The van der Waals surface area contributed by atoms with Crippen LogP contribution in [0.3, 0.4) is 0 Å². The van der Waals surface area contributed by atoms with Gasteiger partial charge in [-0.2, -0.15) is 0 Å². The topological polar surface area (TPSA) is 39.5 Å². The number of imidazole rings is 1. The maximum absolute atomic E-state index is 5.40. The Bertz CT molecular complexity index is 885. The van der Waals surface area contributed by atoms with Crippen LogP contribution in [0.5, 0.6) is 11.5 Å². The van der Waals surface area contributed by atoms with E-state index >= 15 is 0 Å². The van der Waals surface area contributed by atoms with Crippen molar-refractivity contribution in [3.8, 4) is 17.2 Å². The van der Waals surface area contributed by atoms with E-state index < -0.39 is 0 Å². The molecule has 0 N–H and O–H groups in total. The number of benzene rings is 2. The van der Waals surface area contributed by atoms with Crippen molar-refractivity contribution in [1.82, 2.24) is 14.5 Å². The van der Waals surface area contributed by atoms with Crippen molar-refractivity contribution >= 4 is 0 Å². The minimum atomic E-state index is 0.754. The van der Waals surface area contributed by atoms with Crippen LogP contribution in [-0.2, 0) is 12.8 Å². The van der Waals surface area contributed by atoms with Crippen LogP contribution in [-0.4, -0.2) is 48.3 Å². The number of nitrogens with zero attached hydrogens (tertiary/aromatic N) is 3. The van der Waals surface area contributed by atoms with Gasteiger partial charge in [-0.25, -0.2) is 4.98 Å². The normalized spacial score (nSPS) is 14.6. The maximum atomic E-state index is 5.40. The lowest BCUT2D eigenvalue weighted by Crippen LogP contribution is -2.48. The molecule has 3 aromatic rings. The monoisotopic (exact) mass is 377 g/mol. The van der Waals surface area contributed by atoms with Crippen LogP contribution in [0.1, 0.15) is 11.1 Å². The molecule has 1 aliphatic rings. The SMILES string of the molecule is COc1ccc(CCN2CC(Cc3ccc(-n4ccnc4)cc3)C2)cc1OC. The number of likely N-dealkylation sites (tertiary alicyclic amines) is 1. The maximum Gasteiger partial charge on any atom is 0.160 e. The van der Waals surface area contributed by atoms with Gasteiger partial charge in [0, 0.05) is 37.7 Å². The Morgan fingerprint density at radius 1 is 0.964 bits per heavy atom. The summed E-state index contributed by atoms with van der Waals surface area (Å²) in [6.07, 6.45) is 7.79. The molecule has 0 bridgehead atoms.